The molecule has 132 valence electrons. The average molecular weight is 368 g/mol. The lowest BCUT2D eigenvalue weighted by Crippen LogP contribution is -2.22. The van der Waals surface area contributed by atoms with Crippen LogP contribution in [0.15, 0.2) is 41.3 Å². The molecule has 1 atom stereocenters. The molecule has 0 aliphatic rings. The van der Waals surface area contributed by atoms with E-state index >= 15 is 0 Å². The topological polar surface area (TPSA) is 81.5 Å². The van der Waals surface area contributed by atoms with Crippen LogP contribution in [0.4, 0.5) is 20.2 Å². The van der Waals surface area contributed by atoms with Gasteiger partial charge in [-0.2, -0.15) is 0 Å². The minimum atomic E-state index is -0.766. The Bertz CT molecular complexity index is 817. The van der Waals surface area contributed by atoms with Gasteiger partial charge < -0.3 is 10.1 Å². The molecule has 2 aromatic carbocycles. The smallest absolute Gasteiger partial charge is 0.271 e. The molecule has 2 rings (SSSR count). The van der Waals surface area contributed by atoms with Gasteiger partial charge in [0.05, 0.1) is 23.0 Å². The first kappa shape index (κ1) is 18.7. The number of nitrogens with one attached hydrogen (secondary N) is 1. The summed E-state index contributed by atoms with van der Waals surface area (Å²) >= 11 is 0.902. The van der Waals surface area contributed by atoms with E-state index in [1.54, 1.807) is 0 Å². The number of benzene rings is 2. The van der Waals surface area contributed by atoms with E-state index < -0.39 is 27.7 Å². The Hall–Kier alpha value is -2.68. The van der Waals surface area contributed by atoms with E-state index in [1.807, 2.05) is 0 Å². The third kappa shape index (κ3) is 4.66. The molecule has 0 fully saturated rings. The number of nitro groups is 1. The number of non-ortho nitro benzene ring substituents is 1. The van der Waals surface area contributed by atoms with E-state index in [2.05, 4.69) is 5.32 Å². The lowest BCUT2D eigenvalue weighted by Gasteiger charge is -2.14. The number of amides is 1. The normalized spacial score (nSPS) is 11.7. The standard InChI is InChI=1S/C16H14F2N2O4S/c1-9(25-15-6-3-10(17)7-12(15)18)16(21)19-13-8-11(20(22)23)4-5-14(13)24-2/h3-9H,1-2H3,(H,19,21)/t9-/m0/s1. The van der Waals surface area contributed by atoms with Crippen molar-refractivity contribution in [3.63, 3.8) is 0 Å². The van der Waals surface area contributed by atoms with Gasteiger partial charge in [0.15, 0.2) is 0 Å². The molecule has 25 heavy (non-hydrogen) atoms. The molecule has 0 radical (unpaired) electrons. The first-order valence-electron chi connectivity index (χ1n) is 7.07. The van der Waals surface area contributed by atoms with Crippen LogP contribution >= 0.6 is 11.8 Å². The van der Waals surface area contributed by atoms with Crippen LogP contribution in [0.25, 0.3) is 0 Å². The van der Waals surface area contributed by atoms with Gasteiger partial charge in [0.1, 0.15) is 17.4 Å². The summed E-state index contributed by atoms with van der Waals surface area (Å²) in [5, 5.41) is 12.6. The highest BCUT2D eigenvalue weighted by molar-refractivity contribution is 8.00. The van der Waals surface area contributed by atoms with Gasteiger partial charge in [0.25, 0.3) is 5.69 Å². The first-order valence-corrected chi connectivity index (χ1v) is 7.94. The number of thioether (sulfide) groups is 1. The summed E-state index contributed by atoms with van der Waals surface area (Å²) in [4.78, 5) is 22.7. The van der Waals surface area contributed by atoms with Gasteiger partial charge >= 0.3 is 0 Å². The number of halogens is 2. The van der Waals surface area contributed by atoms with E-state index in [0.29, 0.717) is 0 Å². The molecule has 1 N–H and O–H groups in total. The molecule has 6 nitrogen and oxygen atoms in total. The van der Waals surface area contributed by atoms with E-state index in [9.17, 15) is 23.7 Å². The second kappa shape index (κ2) is 7.93. The van der Waals surface area contributed by atoms with Gasteiger partial charge in [-0.15, -0.1) is 11.8 Å². The van der Waals surface area contributed by atoms with Crippen molar-refractivity contribution in [3.05, 3.63) is 58.1 Å². The number of carbonyl (C=O) groups excluding carboxylic acids is 1. The zero-order valence-electron chi connectivity index (χ0n) is 13.3. The average Bonchev–Trinajstić information content (AvgIpc) is 2.57. The summed E-state index contributed by atoms with van der Waals surface area (Å²) in [5.74, 6) is -1.73. The summed E-state index contributed by atoms with van der Waals surface area (Å²) < 4.78 is 31.7. The molecule has 0 saturated heterocycles. The molecule has 0 aromatic heterocycles. The van der Waals surface area contributed by atoms with Crippen molar-refractivity contribution in [2.24, 2.45) is 0 Å². The Morgan fingerprint density at radius 2 is 2.00 bits per heavy atom. The first-order chi connectivity index (χ1) is 11.8. The van der Waals surface area contributed by atoms with Crippen molar-refractivity contribution in [2.75, 3.05) is 12.4 Å². The van der Waals surface area contributed by atoms with Gasteiger partial charge in [-0.3, -0.25) is 14.9 Å². The van der Waals surface area contributed by atoms with E-state index in [1.165, 1.54) is 38.3 Å². The molecule has 0 aliphatic heterocycles. The Balaban J connectivity index is 2.15. The monoisotopic (exact) mass is 368 g/mol. The maximum absolute atomic E-state index is 13.7. The number of methoxy groups -OCH3 is 1. The third-order valence-electron chi connectivity index (χ3n) is 3.22. The van der Waals surface area contributed by atoms with Crippen LogP contribution in [-0.4, -0.2) is 23.2 Å². The molecule has 2 aromatic rings. The van der Waals surface area contributed by atoms with Gasteiger partial charge in [-0.1, -0.05) is 0 Å². The predicted octanol–water partition coefficient (Wildman–Crippen LogP) is 4.00. The van der Waals surface area contributed by atoms with Gasteiger partial charge in [0.2, 0.25) is 5.91 Å². The fourth-order valence-corrected chi connectivity index (χ4v) is 2.82. The van der Waals surface area contributed by atoms with E-state index in [4.69, 9.17) is 4.74 Å². The molecule has 0 bridgehead atoms. The second-order valence-corrected chi connectivity index (χ2v) is 6.35. The number of hydrogen-bond donors (Lipinski definition) is 1. The zero-order chi connectivity index (χ0) is 18.6. The molecule has 0 spiro atoms. The largest absolute Gasteiger partial charge is 0.495 e. The molecular formula is C16H14F2N2O4S. The fraction of sp³-hybridized carbons (Fsp3) is 0.188. The summed E-state index contributed by atoms with van der Waals surface area (Å²) in [7, 11) is 1.36. The molecule has 0 aliphatic carbocycles. The SMILES string of the molecule is COc1ccc([N+](=O)[O-])cc1NC(=O)[C@H](C)Sc1ccc(F)cc1F. The van der Waals surface area contributed by atoms with Crippen molar-refractivity contribution in [2.45, 2.75) is 17.1 Å². The molecule has 0 unspecified atom stereocenters. The highest BCUT2D eigenvalue weighted by Gasteiger charge is 2.20. The van der Waals surface area contributed by atoms with Crippen LogP contribution in [0.3, 0.4) is 0 Å². The van der Waals surface area contributed by atoms with Crippen molar-refractivity contribution >= 4 is 29.0 Å². The van der Waals surface area contributed by atoms with Crippen LogP contribution in [0.2, 0.25) is 0 Å². The Kier molecular flexibility index (Phi) is 5.92. The maximum Gasteiger partial charge on any atom is 0.271 e. The lowest BCUT2D eigenvalue weighted by molar-refractivity contribution is -0.384. The maximum atomic E-state index is 13.7. The summed E-state index contributed by atoms with van der Waals surface area (Å²) in [6.07, 6.45) is 0. The lowest BCUT2D eigenvalue weighted by atomic mass is 10.2. The van der Waals surface area contributed by atoms with Crippen LogP contribution in [-0.2, 0) is 4.79 Å². The summed E-state index contributed by atoms with van der Waals surface area (Å²) in [5.41, 5.74) is -0.0743. The number of hydrogen-bond acceptors (Lipinski definition) is 5. The van der Waals surface area contributed by atoms with Crippen LogP contribution in [0.5, 0.6) is 5.75 Å². The van der Waals surface area contributed by atoms with Crippen molar-refractivity contribution < 1.29 is 23.2 Å². The van der Waals surface area contributed by atoms with E-state index in [-0.39, 0.29) is 22.0 Å². The van der Waals surface area contributed by atoms with Crippen molar-refractivity contribution in [1.82, 2.24) is 0 Å². The number of nitro benzene ring substituents is 1. The minimum Gasteiger partial charge on any atom is -0.495 e. The zero-order valence-corrected chi connectivity index (χ0v) is 14.1. The number of rotatable bonds is 6. The molecule has 9 heteroatoms. The molecular weight excluding hydrogens is 354 g/mol. The van der Waals surface area contributed by atoms with Crippen LogP contribution in [0.1, 0.15) is 6.92 Å². The second-order valence-electron chi connectivity index (χ2n) is 4.97. The highest BCUT2D eigenvalue weighted by atomic mass is 32.2. The van der Waals surface area contributed by atoms with Gasteiger partial charge in [-0.05, 0) is 25.1 Å². The number of anilines is 1. The summed E-state index contributed by atoms with van der Waals surface area (Å²) in [6, 6.07) is 6.86. The number of carbonyl (C=O) groups is 1. The minimum absolute atomic E-state index is 0.120. The van der Waals surface area contributed by atoms with Crippen LogP contribution in [0, 0.1) is 21.7 Å². The Labute approximate surface area is 146 Å². The predicted molar refractivity (Wildman–Crippen MR) is 90.0 cm³/mol. The Morgan fingerprint density at radius 1 is 1.28 bits per heavy atom. The van der Waals surface area contributed by atoms with Crippen LogP contribution < -0.4 is 10.1 Å². The number of ether oxygens (including phenoxy) is 1. The van der Waals surface area contributed by atoms with Gasteiger partial charge in [0, 0.05) is 23.1 Å². The van der Waals surface area contributed by atoms with Gasteiger partial charge in [-0.25, -0.2) is 8.78 Å². The summed E-state index contributed by atoms with van der Waals surface area (Å²) in [6.45, 7) is 1.53. The van der Waals surface area contributed by atoms with E-state index in [0.717, 1.165) is 23.9 Å². The molecule has 0 saturated carbocycles. The number of nitrogens with zero attached hydrogens (tertiary/aromatic N) is 1. The fourth-order valence-electron chi connectivity index (χ4n) is 1.96. The third-order valence-corrected chi connectivity index (χ3v) is 4.37. The quantitative estimate of drug-likeness (QED) is 0.473. The highest BCUT2D eigenvalue weighted by Crippen LogP contribution is 2.31. The van der Waals surface area contributed by atoms with Crippen molar-refractivity contribution in [3.8, 4) is 5.75 Å². The van der Waals surface area contributed by atoms with Crippen molar-refractivity contribution in [1.29, 1.82) is 0 Å². The molecule has 1 amide bonds. The molecule has 0 heterocycles. The Morgan fingerprint density at radius 3 is 2.60 bits per heavy atom.